The molecule has 4 rings (SSSR count). The number of likely N-dealkylation sites (tertiary alicyclic amines) is 1. The van der Waals surface area contributed by atoms with Crippen molar-refractivity contribution < 1.29 is 23.9 Å². The van der Waals surface area contributed by atoms with Crippen LogP contribution in [0.3, 0.4) is 0 Å². The number of hydrogen-bond donors (Lipinski definition) is 1. The number of ether oxygens (including phenoxy) is 3. The molecule has 0 aliphatic carbocycles. The number of rotatable bonds is 11. The zero-order valence-corrected chi connectivity index (χ0v) is 24.8. The average Bonchev–Trinajstić information content (AvgIpc) is 3.44. The standard InChI is InChI=1S/C31H39N5O6/c1-31(2,3)42-30(37)35-18-6-7-24(35)19-33-27-16-17-32-29(28(27)36(38)39)34(20-22-8-12-25(40-4)13-9-22)21-23-10-14-26(41-5)15-11-23/h8-17,24H,6-7,18-21H2,1-5H3,(H,32,33)/t24-/m0/s1. The molecule has 2 heterocycles. The van der Waals surface area contributed by atoms with Gasteiger partial charge in [-0.2, -0.15) is 0 Å². The quantitative estimate of drug-likeness (QED) is 0.215. The first-order chi connectivity index (χ1) is 20.1. The largest absolute Gasteiger partial charge is 0.497 e. The van der Waals surface area contributed by atoms with Crippen LogP contribution in [0.2, 0.25) is 0 Å². The molecule has 0 saturated carbocycles. The molecule has 1 aromatic heterocycles. The zero-order valence-electron chi connectivity index (χ0n) is 24.8. The van der Waals surface area contributed by atoms with E-state index in [1.54, 1.807) is 31.4 Å². The van der Waals surface area contributed by atoms with E-state index in [0.717, 1.165) is 35.5 Å². The van der Waals surface area contributed by atoms with Crippen LogP contribution >= 0.6 is 0 Å². The summed E-state index contributed by atoms with van der Waals surface area (Å²) < 4.78 is 16.2. The number of nitrogens with one attached hydrogen (secondary N) is 1. The molecule has 1 fully saturated rings. The first kappa shape index (κ1) is 30.4. The average molecular weight is 578 g/mol. The lowest BCUT2D eigenvalue weighted by Crippen LogP contribution is -2.42. The van der Waals surface area contributed by atoms with Gasteiger partial charge in [0.1, 0.15) is 22.8 Å². The molecule has 11 heteroatoms. The van der Waals surface area contributed by atoms with Gasteiger partial charge in [-0.15, -0.1) is 0 Å². The fourth-order valence-corrected chi connectivity index (χ4v) is 4.94. The predicted octanol–water partition coefficient (Wildman–Crippen LogP) is 6.03. The number of aromatic nitrogens is 1. The predicted molar refractivity (Wildman–Crippen MR) is 161 cm³/mol. The van der Waals surface area contributed by atoms with Gasteiger partial charge in [-0.3, -0.25) is 10.1 Å². The molecule has 42 heavy (non-hydrogen) atoms. The Morgan fingerprint density at radius 2 is 1.60 bits per heavy atom. The lowest BCUT2D eigenvalue weighted by molar-refractivity contribution is -0.383. The van der Waals surface area contributed by atoms with Gasteiger partial charge in [0.05, 0.1) is 25.2 Å². The second-order valence-corrected chi connectivity index (χ2v) is 11.2. The number of methoxy groups -OCH3 is 2. The minimum Gasteiger partial charge on any atom is -0.497 e. The van der Waals surface area contributed by atoms with E-state index in [4.69, 9.17) is 14.2 Å². The van der Waals surface area contributed by atoms with E-state index in [9.17, 15) is 14.9 Å². The van der Waals surface area contributed by atoms with E-state index in [-0.39, 0.29) is 23.6 Å². The molecule has 0 spiro atoms. The van der Waals surface area contributed by atoms with E-state index in [2.05, 4.69) is 10.3 Å². The molecule has 0 bridgehead atoms. The number of amides is 1. The van der Waals surface area contributed by atoms with Gasteiger partial charge in [0, 0.05) is 32.4 Å². The van der Waals surface area contributed by atoms with Gasteiger partial charge in [-0.05, 0) is 75.1 Å². The Kier molecular flexibility index (Phi) is 9.72. The highest BCUT2D eigenvalue weighted by atomic mass is 16.6. The fourth-order valence-electron chi connectivity index (χ4n) is 4.94. The molecule has 1 N–H and O–H groups in total. The van der Waals surface area contributed by atoms with Gasteiger partial charge in [0.15, 0.2) is 0 Å². The summed E-state index contributed by atoms with van der Waals surface area (Å²) in [5, 5.41) is 15.8. The van der Waals surface area contributed by atoms with Gasteiger partial charge in [0.2, 0.25) is 5.82 Å². The van der Waals surface area contributed by atoms with Crippen LogP contribution in [0, 0.1) is 10.1 Å². The van der Waals surface area contributed by atoms with Gasteiger partial charge < -0.3 is 29.3 Å². The molecule has 2 aromatic carbocycles. The summed E-state index contributed by atoms with van der Waals surface area (Å²) in [6.07, 6.45) is 2.81. The number of nitro groups is 1. The molecule has 0 unspecified atom stereocenters. The van der Waals surface area contributed by atoms with Crippen LogP contribution in [0.1, 0.15) is 44.7 Å². The first-order valence-corrected chi connectivity index (χ1v) is 14.0. The monoisotopic (exact) mass is 577 g/mol. The summed E-state index contributed by atoms with van der Waals surface area (Å²) in [6, 6.07) is 16.6. The highest BCUT2D eigenvalue weighted by molar-refractivity contribution is 5.74. The van der Waals surface area contributed by atoms with Crippen LogP contribution < -0.4 is 19.7 Å². The van der Waals surface area contributed by atoms with Crippen molar-refractivity contribution in [3.63, 3.8) is 0 Å². The van der Waals surface area contributed by atoms with E-state index in [1.807, 2.05) is 74.2 Å². The number of carbonyl (C=O) groups excluding carboxylic acids is 1. The lowest BCUT2D eigenvalue weighted by atomic mass is 10.1. The van der Waals surface area contributed by atoms with Crippen molar-refractivity contribution in [2.45, 2.75) is 58.3 Å². The maximum atomic E-state index is 12.8. The zero-order chi connectivity index (χ0) is 30.3. The van der Waals surface area contributed by atoms with Crippen LogP contribution in [0.15, 0.2) is 60.8 Å². The van der Waals surface area contributed by atoms with Crippen LogP contribution in [0.5, 0.6) is 11.5 Å². The van der Waals surface area contributed by atoms with Crippen molar-refractivity contribution in [1.82, 2.24) is 9.88 Å². The Morgan fingerprint density at radius 1 is 1.02 bits per heavy atom. The van der Waals surface area contributed by atoms with Crippen molar-refractivity contribution >= 4 is 23.3 Å². The Balaban J connectivity index is 1.62. The smallest absolute Gasteiger partial charge is 0.410 e. The minimum absolute atomic E-state index is 0.124. The molecule has 1 aliphatic rings. The third-order valence-electron chi connectivity index (χ3n) is 6.99. The normalized spacial score (nSPS) is 14.8. The first-order valence-electron chi connectivity index (χ1n) is 14.0. The van der Waals surface area contributed by atoms with Crippen molar-refractivity contribution in [3.8, 4) is 11.5 Å². The number of benzene rings is 2. The van der Waals surface area contributed by atoms with Gasteiger partial charge in [-0.25, -0.2) is 9.78 Å². The fraction of sp³-hybridized carbons (Fsp3) is 0.419. The van der Waals surface area contributed by atoms with Crippen molar-refractivity contribution in [2.75, 3.05) is 37.5 Å². The van der Waals surface area contributed by atoms with Gasteiger partial charge in [0.25, 0.3) is 0 Å². The van der Waals surface area contributed by atoms with Crippen LogP contribution in [0.25, 0.3) is 0 Å². The molecular weight excluding hydrogens is 538 g/mol. The third-order valence-corrected chi connectivity index (χ3v) is 6.99. The van der Waals surface area contributed by atoms with Gasteiger partial charge >= 0.3 is 11.8 Å². The SMILES string of the molecule is COc1ccc(CN(Cc2ccc(OC)cc2)c2nccc(NC[C@@H]3CCCN3C(=O)OC(C)(C)C)c2[N+](=O)[O-])cc1. The summed E-state index contributed by atoms with van der Waals surface area (Å²) in [5.41, 5.74) is 1.50. The molecule has 0 radical (unpaired) electrons. The number of anilines is 2. The number of pyridine rings is 1. The van der Waals surface area contributed by atoms with Crippen LogP contribution in [0.4, 0.5) is 22.0 Å². The maximum Gasteiger partial charge on any atom is 0.410 e. The van der Waals surface area contributed by atoms with E-state index < -0.39 is 10.5 Å². The molecule has 11 nitrogen and oxygen atoms in total. The summed E-state index contributed by atoms with van der Waals surface area (Å²) in [5.74, 6) is 1.69. The van der Waals surface area contributed by atoms with Crippen molar-refractivity contribution in [1.29, 1.82) is 0 Å². The Labute approximate surface area is 246 Å². The van der Waals surface area contributed by atoms with Crippen LogP contribution in [-0.4, -0.2) is 59.9 Å². The highest BCUT2D eigenvalue weighted by Gasteiger charge is 2.33. The number of carbonyl (C=O) groups is 1. The van der Waals surface area contributed by atoms with Crippen molar-refractivity contribution in [2.24, 2.45) is 0 Å². The molecule has 1 amide bonds. The third kappa shape index (κ3) is 7.80. The van der Waals surface area contributed by atoms with E-state index in [1.165, 1.54) is 0 Å². The summed E-state index contributed by atoms with van der Waals surface area (Å²) >= 11 is 0. The Hall–Kier alpha value is -4.54. The van der Waals surface area contributed by atoms with Crippen molar-refractivity contribution in [3.05, 3.63) is 82.0 Å². The van der Waals surface area contributed by atoms with Gasteiger partial charge in [-0.1, -0.05) is 24.3 Å². The maximum absolute atomic E-state index is 12.8. The molecule has 1 saturated heterocycles. The number of nitrogens with zero attached hydrogens (tertiary/aromatic N) is 4. The minimum atomic E-state index is -0.604. The number of hydrogen-bond acceptors (Lipinski definition) is 9. The van der Waals surface area contributed by atoms with E-state index in [0.29, 0.717) is 31.9 Å². The van der Waals surface area contributed by atoms with Crippen LogP contribution in [-0.2, 0) is 17.8 Å². The molecule has 224 valence electrons. The van der Waals surface area contributed by atoms with E-state index >= 15 is 0 Å². The Morgan fingerprint density at radius 3 is 2.10 bits per heavy atom. The Bertz CT molecular complexity index is 1310. The molecule has 1 atom stereocenters. The summed E-state index contributed by atoms with van der Waals surface area (Å²) in [7, 11) is 3.21. The lowest BCUT2D eigenvalue weighted by Gasteiger charge is -2.29. The topological polar surface area (TPSA) is 119 Å². The molecular formula is C31H39N5O6. The highest BCUT2D eigenvalue weighted by Crippen LogP contribution is 2.36. The molecule has 1 aliphatic heterocycles. The summed E-state index contributed by atoms with van der Waals surface area (Å²) in [6.45, 7) is 7.19. The summed E-state index contributed by atoms with van der Waals surface area (Å²) in [4.78, 5) is 33.0. The second kappa shape index (κ2) is 13.4. The second-order valence-electron chi connectivity index (χ2n) is 11.2. The molecule has 3 aromatic rings.